The summed E-state index contributed by atoms with van der Waals surface area (Å²) in [5, 5.41) is 10.8. The molecule has 14 heavy (non-hydrogen) atoms. The zero-order valence-electron chi connectivity index (χ0n) is 8.09. The van der Waals surface area contributed by atoms with Crippen molar-refractivity contribution < 1.29 is 4.79 Å². The predicted molar refractivity (Wildman–Crippen MR) is 55.1 cm³/mol. The molecule has 0 bridgehead atoms. The monoisotopic (exact) mass is 189 g/mol. The highest BCUT2D eigenvalue weighted by atomic mass is 16.1. The molecular weight excluding hydrogens is 178 g/mol. The first-order valence-electron chi connectivity index (χ1n) is 4.40. The van der Waals surface area contributed by atoms with E-state index >= 15 is 0 Å². The Labute approximate surface area is 81.3 Å². The van der Waals surface area contributed by atoms with Crippen molar-refractivity contribution in [2.45, 2.75) is 13.8 Å². The molecule has 2 N–H and O–H groups in total. The zero-order valence-corrected chi connectivity index (χ0v) is 8.09. The summed E-state index contributed by atoms with van der Waals surface area (Å²) in [6.07, 6.45) is 0. The number of rotatable bonds is 1. The molecule has 72 valence electrons. The van der Waals surface area contributed by atoms with Crippen molar-refractivity contribution in [3.63, 3.8) is 0 Å². The molecule has 2 aromatic rings. The van der Waals surface area contributed by atoms with Crippen molar-refractivity contribution in [3.05, 3.63) is 23.9 Å². The summed E-state index contributed by atoms with van der Waals surface area (Å²) in [5.74, 6) is -0.0850. The van der Waals surface area contributed by atoms with E-state index in [-0.39, 0.29) is 5.91 Å². The van der Waals surface area contributed by atoms with Crippen LogP contribution in [0.2, 0.25) is 0 Å². The van der Waals surface area contributed by atoms with Crippen LogP contribution >= 0.6 is 0 Å². The number of nitrogens with one attached hydrogen (secondary N) is 2. The van der Waals surface area contributed by atoms with Gasteiger partial charge in [-0.15, -0.1) is 0 Å². The number of fused-ring (bicyclic) bond motifs is 1. The fourth-order valence-corrected chi connectivity index (χ4v) is 1.46. The van der Waals surface area contributed by atoms with Crippen LogP contribution in [0.25, 0.3) is 10.9 Å². The molecular formula is C10H11N3O. The Bertz CT molecular complexity index is 487. The van der Waals surface area contributed by atoms with Gasteiger partial charge in [0, 0.05) is 18.0 Å². The van der Waals surface area contributed by atoms with Crippen molar-refractivity contribution in [2.75, 3.05) is 5.32 Å². The van der Waals surface area contributed by atoms with Crippen LogP contribution in [0, 0.1) is 6.92 Å². The Hall–Kier alpha value is -1.84. The summed E-state index contributed by atoms with van der Waals surface area (Å²) < 4.78 is 0. The van der Waals surface area contributed by atoms with Gasteiger partial charge in [-0.3, -0.25) is 9.89 Å². The molecule has 0 aliphatic heterocycles. The number of hydrogen-bond acceptors (Lipinski definition) is 2. The van der Waals surface area contributed by atoms with E-state index < -0.39 is 0 Å². The molecule has 1 aromatic carbocycles. The highest BCUT2D eigenvalue weighted by molar-refractivity contribution is 6.00. The summed E-state index contributed by atoms with van der Waals surface area (Å²) >= 11 is 0. The van der Waals surface area contributed by atoms with E-state index in [1.54, 1.807) is 0 Å². The fourth-order valence-electron chi connectivity index (χ4n) is 1.46. The predicted octanol–water partition coefficient (Wildman–Crippen LogP) is 1.83. The number of anilines is 1. The second-order valence-corrected chi connectivity index (χ2v) is 3.23. The maximum atomic E-state index is 10.9. The molecule has 0 fully saturated rings. The van der Waals surface area contributed by atoms with Crippen molar-refractivity contribution in [1.82, 2.24) is 10.2 Å². The number of para-hydroxylation sites is 1. The van der Waals surface area contributed by atoms with Crippen LogP contribution in [0.4, 0.5) is 5.69 Å². The zero-order chi connectivity index (χ0) is 10.1. The number of carbonyl (C=O) groups is 1. The van der Waals surface area contributed by atoms with E-state index in [0.717, 1.165) is 22.3 Å². The van der Waals surface area contributed by atoms with Crippen LogP contribution in [0.3, 0.4) is 0 Å². The molecule has 0 saturated carbocycles. The molecule has 1 amide bonds. The van der Waals surface area contributed by atoms with E-state index in [1.807, 2.05) is 25.1 Å². The average Bonchev–Trinajstić information content (AvgIpc) is 2.49. The van der Waals surface area contributed by atoms with Gasteiger partial charge in [0.25, 0.3) is 0 Å². The van der Waals surface area contributed by atoms with Gasteiger partial charge in [-0.2, -0.15) is 5.10 Å². The molecule has 4 heteroatoms. The smallest absolute Gasteiger partial charge is 0.221 e. The minimum atomic E-state index is -0.0850. The number of nitrogens with zero attached hydrogens (tertiary/aromatic N) is 1. The van der Waals surface area contributed by atoms with Crippen LogP contribution in [0.1, 0.15) is 12.6 Å². The van der Waals surface area contributed by atoms with E-state index in [9.17, 15) is 4.79 Å². The minimum Gasteiger partial charge on any atom is -0.324 e. The van der Waals surface area contributed by atoms with Crippen molar-refractivity contribution >= 4 is 22.5 Å². The van der Waals surface area contributed by atoms with Crippen molar-refractivity contribution in [1.29, 1.82) is 0 Å². The standard InChI is InChI=1S/C10H11N3O/c1-6-8-4-3-5-9(11-7(2)14)10(8)13-12-6/h3-5H,1-2H3,(H,11,14)(H,12,13). The number of hydrogen-bond donors (Lipinski definition) is 2. The third kappa shape index (κ3) is 1.35. The minimum absolute atomic E-state index is 0.0850. The van der Waals surface area contributed by atoms with E-state index in [0.29, 0.717) is 0 Å². The third-order valence-electron chi connectivity index (χ3n) is 2.09. The van der Waals surface area contributed by atoms with Crippen LogP contribution in [-0.4, -0.2) is 16.1 Å². The fraction of sp³-hybridized carbons (Fsp3) is 0.200. The Kier molecular flexibility index (Phi) is 1.96. The number of aromatic nitrogens is 2. The highest BCUT2D eigenvalue weighted by Crippen LogP contribution is 2.22. The Balaban J connectivity index is 2.59. The van der Waals surface area contributed by atoms with Crippen LogP contribution in [-0.2, 0) is 4.79 Å². The molecule has 4 nitrogen and oxygen atoms in total. The van der Waals surface area contributed by atoms with Gasteiger partial charge in [0.05, 0.1) is 5.69 Å². The molecule has 1 aromatic heterocycles. The summed E-state index contributed by atoms with van der Waals surface area (Å²) in [6.45, 7) is 3.44. The largest absolute Gasteiger partial charge is 0.324 e. The molecule has 0 radical (unpaired) electrons. The highest BCUT2D eigenvalue weighted by Gasteiger charge is 2.06. The molecule has 0 spiro atoms. The molecule has 0 saturated heterocycles. The third-order valence-corrected chi connectivity index (χ3v) is 2.09. The number of aromatic amines is 1. The molecule has 0 aliphatic rings. The number of amides is 1. The van der Waals surface area contributed by atoms with Gasteiger partial charge in [0.15, 0.2) is 0 Å². The molecule has 0 aliphatic carbocycles. The number of carbonyl (C=O) groups excluding carboxylic acids is 1. The quantitative estimate of drug-likeness (QED) is 0.719. The first-order valence-corrected chi connectivity index (χ1v) is 4.40. The van der Waals surface area contributed by atoms with E-state index in [2.05, 4.69) is 15.5 Å². The van der Waals surface area contributed by atoms with Gasteiger partial charge < -0.3 is 5.32 Å². The summed E-state index contributed by atoms with van der Waals surface area (Å²) in [5.41, 5.74) is 2.56. The van der Waals surface area contributed by atoms with Crippen LogP contribution in [0.5, 0.6) is 0 Å². The van der Waals surface area contributed by atoms with Gasteiger partial charge in [0.1, 0.15) is 5.52 Å². The second kappa shape index (κ2) is 3.14. The SMILES string of the molecule is CC(=O)Nc1cccc2c(C)[nH]nc12. The van der Waals surface area contributed by atoms with Gasteiger partial charge in [-0.1, -0.05) is 12.1 Å². The number of benzene rings is 1. The molecule has 0 atom stereocenters. The summed E-state index contributed by atoms with van der Waals surface area (Å²) in [7, 11) is 0. The topological polar surface area (TPSA) is 57.8 Å². The summed E-state index contributed by atoms with van der Waals surface area (Å²) in [4.78, 5) is 10.9. The maximum absolute atomic E-state index is 10.9. The molecule has 1 heterocycles. The van der Waals surface area contributed by atoms with Crippen molar-refractivity contribution in [2.24, 2.45) is 0 Å². The maximum Gasteiger partial charge on any atom is 0.221 e. The number of aryl methyl sites for hydroxylation is 1. The average molecular weight is 189 g/mol. The van der Waals surface area contributed by atoms with Gasteiger partial charge in [-0.05, 0) is 13.0 Å². The summed E-state index contributed by atoms with van der Waals surface area (Å²) in [6, 6.07) is 5.71. The number of H-pyrrole nitrogens is 1. The second-order valence-electron chi connectivity index (χ2n) is 3.23. The molecule has 0 unspecified atom stereocenters. The normalized spacial score (nSPS) is 10.4. The Morgan fingerprint density at radius 2 is 2.29 bits per heavy atom. The lowest BCUT2D eigenvalue weighted by atomic mass is 10.2. The Morgan fingerprint density at radius 1 is 1.50 bits per heavy atom. The van der Waals surface area contributed by atoms with E-state index in [1.165, 1.54) is 6.92 Å². The van der Waals surface area contributed by atoms with Gasteiger partial charge >= 0.3 is 0 Å². The first kappa shape index (κ1) is 8.74. The lowest BCUT2D eigenvalue weighted by Crippen LogP contribution is -2.05. The van der Waals surface area contributed by atoms with E-state index in [4.69, 9.17) is 0 Å². The van der Waals surface area contributed by atoms with Gasteiger partial charge in [-0.25, -0.2) is 0 Å². The van der Waals surface area contributed by atoms with Crippen LogP contribution < -0.4 is 5.32 Å². The van der Waals surface area contributed by atoms with Crippen LogP contribution in [0.15, 0.2) is 18.2 Å². The lowest BCUT2D eigenvalue weighted by molar-refractivity contribution is -0.114. The Morgan fingerprint density at radius 3 is 3.00 bits per heavy atom. The van der Waals surface area contributed by atoms with Crippen molar-refractivity contribution in [3.8, 4) is 0 Å². The molecule has 2 rings (SSSR count). The van der Waals surface area contributed by atoms with Gasteiger partial charge in [0.2, 0.25) is 5.91 Å². The first-order chi connectivity index (χ1) is 6.68. The lowest BCUT2D eigenvalue weighted by Gasteiger charge is -2.01.